The Morgan fingerprint density at radius 1 is 1.50 bits per heavy atom. The van der Waals surface area contributed by atoms with Crippen molar-refractivity contribution >= 4 is 11.8 Å². The summed E-state index contributed by atoms with van der Waals surface area (Å²) in [4.78, 5) is 0. The predicted octanol–water partition coefficient (Wildman–Crippen LogP) is 2.97. The van der Waals surface area contributed by atoms with E-state index >= 15 is 0 Å². The Morgan fingerprint density at radius 2 is 2.33 bits per heavy atom. The fraction of sp³-hybridized carbons (Fsp3) is 0.900. The molecule has 0 radical (unpaired) electrons. The average molecular weight is 181 g/mol. The highest BCUT2D eigenvalue weighted by atomic mass is 32.2. The molecule has 1 saturated carbocycles. The van der Waals surface area contributed by atoms with Gasteiger partial charge in [0.2, 0.25) is 0 Å². The van der Waals surface area contributed by atoms with Gasteiger partial charge in [0.25, 0.3) is 0 Å². The molecule has 0 aromatic heterocycles. The number of hydrogen-bond acceptors (Lipinski definition) is 2. The largest absolute Gasteiger partial charge is 0.197 e. The van der Waals surface area contributed by atoms with Crippen molar-refractivity contribution in [3.8, 4) is 6.07 Å². The van der Waals surface area contributed by atoms with Gasteiger partial charge in [-0.3, -0.25) is 0 Å². The Labute approximate surface area is 78.5 Å². The van der Waals surface area contributed by atoms with Gasteiger partial charge in [-0.2, -0.15) is 5.26 Å². The highest BCUT2D eigenvalue weighted by molar-refractivity contribution is 8.01. The molecule has 1 aliphatic heterocycles. The summed E-state index contributed by atoms with van der Waals surface area (Å²) >= 11 is 1.90. The first-order valence-electron chi connectivity index (χ1n) is 4.90. The highest BCUT2D eigenvalue weighted by Crippen LogP contribution is 2.44. The molecule has 1 heterocycles. The van der Waals surface area contributed by atoms with E-state index in [2.05, 4.69) is 6.07 Å². The minimum atomic E-state index is 0.0303. The van der Waals surface area contributed by atoms with E-state index in [0.717, 1.165) is 18.8 Å². The summed E-state index contributed by atoms with van der Waals surface area (Å²) in [6, 6.07) is 2.52. The Balaban J connectivity index is 1.84. The maximum absolute atomic E-state index is 9.08. The summed E-state index contributed by atoms with van der Waals surface area (Å²) in [5.74, 6) is 2.19. The van der Waals surface area contributed by atoms with Crippen LogP contribution in [-0.4, -0.2) is 10.5 Å². The second kappa shape index (κ2) is 3.30. The van der Waals surface area contributed by atoms with Crippen LogP contribution in [0.4, 0.5) is 0 Å². The lowest BCUT2D eigenvalue weighted by atomic mass is 9.97. The molecule has 1 unspecified atom stereocenters. The van der Waals surface area contributed by atoms with Gasteiger partial charge in [0.1, 0.15) is 4.75 Å². The van der Waals surface area contributed by atoms with Gasteiger partial charge >= 0.3 is 0 Å². The minimum Gasteiger partial charge on any atom is -0.197 e. The molecule has 0 aromatic rings. The summed E-state index contributed by atoms with van der Waals surface area (Å²) < 4.78 is 0.0303. The van der Waals surface area contributed by atoms with Gasteiger partial charge in [-0.1, -0.05) is 12.8 Å². The van der Waals surface area contributed by atoms with Gasteiger partial charge in [-0.15, -0.1) is 11.8 Å². The van der Waals surface area contributed by atoms with Crippen molar-refractivity contribution < 1.29 is 0 Å². The molecule has 12 heavy (non-hydrogen) atoms. The lowest BCUT2D eigenvalue weighted by Gasteiger charge is -2.18. The zero-order chi connectivity index (χ0) is 8.44. The fourth-order valence-electron chi connectivity index (χ4n) is 1.88. The molecule has 66 valence electrons. The average Bonchev–Trinajstić information content (AvgIpc) is 2.82. The van der Waals surface area contributed by atoms with Crippen molar-refractivity contribution in [1.29, 1.82) is 5.26 Å². The first-order chi connectivity index (χ1) is 5.85. The molecule has 1 saturated heterocycles. The molecule has 0 N–H and O–H groups in total. The third-order valence-electron chi connectivity index (χ3n) is 2.96. The van der Waals surface area contributed by atoms with E-state index in [1.165, 1.54) is 31.4 Å². The van der Waals surface area contributed by atoms with E-state index in [0.29, 0.717) is 0 Å². The minimum absolute atomic E-state index is 0.0303. The van der Waals surface area contributed by atoms with Crippen molar-refractivity contribution in [2.75, 3.05) is 5.75 Å². The quantitative estimate of drug-likeness (QED) is 0.668. The maximum atomic E-state index is 9.08. The lowest BCUT2D eigenvalue weighted by Crippen LogP contribution is -2.17. The number of rotatable bonds is 3. The van der Waals surface area contributed by atoms with Crippen LogP contribution in [0.3, 0.4) is 0 Å². The second-order valence-electron chi connectivity index (χ2n) is 4.04. The van der Waals surface area contributed by atoms with Gasteiger partial charge in [-0.05, 0) is 37.4 Å². The van der Waals surface area contributed by atoms with E-state index < -0.39 is 0 Å². The molecule has 0 spiro atoms. The van der Waals surface area contributed by atoms with Crippen molar-refractivity contribution in [2.45, 2.75) is 43.3 Å². The summed E-state index contributed by atoms with van der Waals surface area (Å²) in [7, 11) is 0. The van der Waals surface area contributed by atoms with Gasteiger partial charge in [0.15, 0.2) is 0 Å². The normalized spacial score (nSPS) is 34.9. The van der Waals surface area contributed by atoms with Crippen molar-refractivity contribution in [1.82, 2.24) is 0 Å². The smallest absolute Gasteiger partial charge is 0.102 e. The first-order valence-corrected chi connectivity index (χ1v) is 5.88. The molecule has 0 bridgehead atoms. The SMILES string of the molecule is N#CC1(CCC2CC2)CCCS1. The molecule has 1 atom stereocenters. The molecular weight excluding hydrogens is 166 g/mol. The van der Waals surface area contributed by atoms with Gasteiger partial charge in [0.05, 0.1) is 6.07 Å². The van der Waals surface area contributed by atoms with Gasteiger partial charge in [-0.25, -0.2) is 0 Å². The second-order valence-corrected chi connectivity index (χ2v) is 5.52. The van der Waals surface area contributed by atoms with Crippen molar-refractivity contribution in [3.63, 3.8) is 0 Å². The van der Waals surface area contributed by atoms with Gasteiger partial charge < -0.3 is 0 Å². The molecule has 2 aliphatic rings. The standard InChI is InChI=1S/C10H15NS/c11-8-10(5-1-7-12-10)6-4-9-2-3-9/h9H,1-7H2. The van der Waals surface area contributed by atoms with Crippen LogP contribution >= 0.6 is 11.8 Å². The molecule has 2 rings (SSSR count). The number of nitrogens with zero attached hydrogens (tertiary/aromatic N) is 1. The molecule has 0 amide bonds. The van der Waals surface area contributed by atoms with E-state index in [1.807, 2.05) is 11.8 Å². The van der Waals surface area contributed by atoms with Crippen LogP contribution in [0.5, 0.6) is 0 Å². The van der Waals surface area contributed by atoms with E-state index in [-0.39, 0.29) is 4.75 Å². The van der Waals surface area contributed by atoms with Crippen LogP contribution in [-0.2, 0) is 0 Å². The van der Waals surface area contributed by atoms with Crippen LogP contribution < -0.4 is 0 Å². The van der Waals surface area contributed by atoms with Crippen LogP contribution in [0.1, 0.15) is 38.5 Å². The fourth-order valence-corrected chi connectivity index (χ4v) is 3.18. The monoisotopic (exact) mass is 181 g/mol. The molecule has 1 nitrogen and oxygen atoms in total. The van der Waals surface area contributed by atoms with E-state index in [9.17, 15) is 0 Å². The van der Waals surface area contributed by atoms with Crippen molar-refractivity contribution in [3.05, 3.63) is 0 Å². The maximum Gasteiger partial charge on any atom is 0.102 e. The summed E-state index contributed by atoms with van der Waals surface area (Å²) in [5, 5.41) is 9.08. The molecular formula is C10H15NS. The Kier molecular flexibility index (Phi) is 2.32. The summed E-state index contributed by atoms with van der Waals surface area (Å²) in [5.41, 5.74) is 0. The topological polar surface area (TPSA) is 23.8 Å². The molecule has 2 fully saturated rings. The van der Waals surface area contributed by atoms with Crippen LogP contribution in [0.15, 0.2) is 0 Å². The molecule has 2 heteroatoms. The third-order valence-corrected chi connectivity index (χ3v) is 4.51. The number of nitriles is 1. The number of hydrogen-bond donors (Lipinski definition) is 0. The third kappa shape index (κ3) is 1.77. The Bertz CT molecular complexity index is 196. The first kappa shape index (κ1) is 8.44. The lowest BCUT2D eigenvalue weighted by molar-refractivity contribution is 0.561. The van der Waals surface area contributed by atoms with Crippen LogP contribution in [0.2, 0.25) is 0 Å². The Morgan fingerprint density at radius 3 is 2.83 bits per heavy atom. The highest BCUT2D eigenvalue weighted by Gasteiger charge is 2.36. The van der Waals surface area contributed by atoms with Crippen LogP contribution in [0, 0.1) is 17.2 Å². The summed E-state index contributed by atoms with van der Waals surface area (Å²) in [6.45, 7) is 0. The van der Waals surface area contributed by atoms with Gasteiger partial charge in [0, 0.05) is 0 Å². The van der Waals surface area contributed by atoms with E-state index in [1.54, 1.807) is 0 Å². The van der Waals surface area contributed by atoms with E-state index in [4.69, 9.17) is 5.26 Å². The zero-order valence-corrected chi connectivity index (χ0v) is 8.20. The Hall–Kier alpha value is -0.160. The number of thioether (sulfide) groups is 1. The zero-order valence-electron chi connectivity index (χ0n) is 7.38. The molecule has 0 aromatic carbocycles. The van der Waals surface area contributed by atoms with Crippen molar-refractivity contribution in [2.24, 2.45) is 5.92 Å². The van der Waals surface area contributed by atoms with Crippen LogP contribution in [0.25, 0.3) is 0 Å². The predicted molar refractivity (Wildman–Crippen MR) is 52.0 cm³/mol. The molecule has 1 aliphatic carbocycles. The summed E-state index contributed by atoms with van der Waals surface area (Å²) in [6.07, 6.45) is 7.70.